The SMILES string of the molecule is CC1CC(C(N)=O)CCN1. The Kier molecular flexibility index (Phi) is 2.27. The summed E-state index contributed by atoms with van der Waals surface area (Å²) in [7, 11) is 0. The second-order valence-electron chi connectivity index (χ2n) is 2.98. The Bertz CT molecular complexity index is 136. The minimum absolute atomic E-state index is 0.108. The summed E-state index contributed by atoms with van der Waals surface area (Å²) in [5.41, 5.74) is 5.16. The van der Waals surface area contributed by atoms with E-state index in [4.69, 9.17) is 5.73 Å². The standard InChI is InChI=1S/C7H14N2O/c1-5-4-6(7(8)10)2-3-9-5/h5-6,9H,2-4H2,1H3,(H2,8,10). The molecule has 1 fully saturated rings. The molecule has 0 bridgehead atoms. The highest BCUT2D eigenvalue weighted by Crippen LogP contribution is 2.14. The lowest BCUT2D eigenvalue weighted by Gasteiger charge is -2.25. The Balaban J connectivity index is 2.39. The Morgan fingerprint density at radius 1 is 1.70 bits per heavy atom. The first-order valence-electron chi connectivity index (χ1n) is 3.73. The zero-order chi connectivity index (χ0) is 7.56. The van der Waals surface area contributed by atoms with Crippen molar-refractivity contribution in [3.05, 3.63) is 0 Å². The van der Waals surface area contributed by atoms with Crippen LogP contribution in [-0.2, 0) is 4.79 Å². The number of primary amides is 1. The number of rotatable bonds is 1. The zero-order valence-electron chi connectivity index (χ0n) is 6.26. The second-order valence-corrected chi connectivity index (χ2v) is 2.98. The predicted octanol–water partition coefficient (Wildman–Crippen LogP) is -0.140. The van der Waals surface area contributed by atoms with Gasteiger partial charge in [0.2, 0.25) is 5.91 Å². The fourth-order valence-electron chi connectivity index (χ4n) is 1.39. The molecule has 0 saturated carbocycles. The van der Waals surface area contributed by atoms with Gasteiger partial charge in [-0.2, -0.15) is 0 Å². The summed E-state index contributed by atoms with van der Waals surface area (Å²) in [5.74, 6) is -0.0374. The summed E-state index contributed by atoms with van der Waals surface area (Å²) in [6.07, 6.45) is 1.80. The van der Waals surface area contributed by atoms with Crippen LogP contribution in [0.1, 0.15) is 19.8 Å². The Labute approximate surface area is 61.0 Å². The van der Waals surface area contributed by atoms with Gasteiger partial charge in [-0.05, 0) is 26.3 Å². The van der Waals surface area contributed by atoms with Gasteiger partial charge in [0.1, 0.15) is 0 Å². The molecule has 2 unspecified atom stereocenters. The van der Waals surface area contributed by atoms with Crippen molar-refractivity contribution in [3.8, 4) is 0 Å². The maximum absolute atomic E-state index is 10.7. The fraction of sp³-hybridized carbons (Fsp3) is 0.857. The summed E-state index contributed by atoms with van der Waals surface area (Å²) in [5, 5.41) is 3.26. The van der Waals surface area contributed by atoms with E-state index in [-0.39, 0.29) is 11.8 Å². The molecule has 1 rings (SSSR count). The zero-order valence-corrected chi connectivity index (χ0v) is 6.26. The first-order chi connectivity index (χ1) is 4.70. The van der Waals surface area contributed by atoms with E-state index >= 15 is 0 Å². The fourth-order valence-corrected chi connectivity index (χ4v) is 1.39. The molecule has 3 N–H and O–H groups in total. The first-order valence-corrected chi connectivity index (χ1v) is 3.73. The maximum Gasteiger partial charge on any atom is 0.220 e. The summed E-state index contributed by atoms with van der Waals surface area (Å²) >= 11 is 0. The number of nitrogens with one attached hydrogen (secondary N) is 1. The molecule has 1 amide bonds. The van der Waals surface area contributed by atoms with Crippen molar-refractivity contribution in [2.45, 2.75) is 25.8 Å². The minimum Gasteiger partial charge on any atom is -0.369 e. The lowest BCUT2D eigenvalue weighted by molar-refractivity contribution is -0.122. The molecule has 1 saturated heterocycles. The van der Waals surface area contributed by atoms with E-state index < -0.39 is 0 Å². The van der Waals surface area contributed by atoms with Gasteiger partial charge in [-0.25, -0.2) is 0 Å². The van der Waals surface area contributed by atoms with Crippen LogP contribution in [0.4, 0.5) is 0 Å². The van der Waals surface area contributed by atoms with Gasteiger partial charge in [-0.15, -0.1) is 0 Å². The number of piperidine rings is 1. The van der Waals surface area contributed by atoms with Crippen molar-refractivity contribution in [3.63, 3.8) is 0 Å². The van der Waals surface area contributed by atoms with Gasteiger partial charge in [0.25, 0.3) is 0 Å². The summed E-state index contributed by atoms with van der Waals surface area (Å²) in [6.45, 7) is 3.00. The smallest absolute Gasteiger partial charge is 0.220 e. The van der Waals surface area contributed by atoms with Crippen LogP contribution in [-0.4, -0.2) is 18.5 Å². The highest BCUT2D eigenvalue weighted by molar-refractivity contribution is 5.76. The molecule has 0 radical (unpaired) electrons. The molecule has 10 heavy (non-hydrogen) atoms. The minimum atomic E-state index is -0.145. The van der Waals surface area contributed by atoms with E-state index in [9.17, 15) is 4.79 Å². The lowest BCUT2D eigenvalue weighted by atomic mass is 9.93. The van der Waals surface area contributed by atoms with Gasteiger partial charge in [0.15, 0.2) is 0 Å². The third-order valence-electron chi connectivity index (χ3n) is 2.03. The number of amides is 1. The third kappa shape index (κ3) is 1.70. The molecular formula is C7H14N2O. The third-order valence-corrected chi connectivity index (χ3v) is 2.03. The van der Waals surface area contributed by atoms with Crippen LogP contribution in [0.15, 0.2) is 0 Å². The summed E-state index contributed by atoms with van der Waals surface area (Å²) < 4.78 is 0. The number of carbonyl (C=O) groups is 1. The molecule has 0 aliphatic carbocycles. The van der Waals surface area contributed by atoms with Crippen LogP contribution >= 0.6 is 0 Å². The largest absolute Gasteiger partial charge is 0.369 e. The van der Waals surface area contributed by atoms with E-state index in [0.717, 1.165) is 19.4 Å². The van der Waals surface area contributed by atoms with Gasteiger partial charge >= 0.3 is 0 Å². The van der Waals surface area contributed by atoms with E-state index in [1.54, 1.807) is 0 Å². The van der Waals surface area contributed by atoms with Crippen molar-refractivity contribution in [2.75, 3.05) is 6.54 Å². The number of carbonyl (C=O) groups excluding carboxylic acids is 1. The van der Waals surface area contributed by atoms with E-state index in [0.29, 0.717) is 6.04 Å². The van der Waals surface area contributed by atoms with Crippen molar-refractivity contribution in [1.29, 1.82) is 0 Å². The van der Waals surface area contributed by atoms with Gasteiger partial charge in [0.05, 0.1) is 0 Å². The molecule has 3 heteroatoms. The van der Waals surface area contributed by atoms with Crippen LogP contribution < -0.4 is 11.1 Å². The van der Waals surface area contributed by atoms with Gasteiger partial charge in [-0.3, -0.25) is 4.79 Å². The van der Waals surface area contributed by atoms with Gasteiger partial charge in [0, 0.05) is 12.0 Å². The van der Waals surface area contributed by atoms with Crippen LogP contribution in [0.5, 0.6) is 0 Å². The van der Waals surface area contributed by atoms with Gasteiger partial charge in [-0.1, -0.05) is 0 Å². The molecule has 2 atom stereocenters. The highest BCUT2D eigenvalue weighted by Gasteiger charge is 2.21. The average molecular weight is 142 g/mol. The van der Waals surface area contributed by atoms with Crippen LogP contribution in [0, 0.1) is 5.92 Å². The predicted molar refractivity (Wildman–Crippen MR) is 39.4 cm³/mol. The monoisotopic (exact) mass is 142 g/mol. The van der Waals surface area contributed by atoms with Crippen LogP contribution in [0.2, 0.25) is 0 Å². The van der Waals surface area contributed by atoms with E-state index in [1.807, 2.05) is 0 Å². The maximum atomic E-state index is 10.7. The van der Waals surface area contributed by atoms with Crippen molar-refractivity contribution >= 4 is 5.91 Å². The van der Waals surface area contributed by atoms with E-state index in [2.05, 4.69) is 12.2 Å². The topological polar surface area (TPSA) is 55.1 Å². The average Bonchev–Trinajstić information content (AvgIpc) is 1.88. The molecule has 1 aliphatic rings. The molecule has 0 aromatic heterocycles. The van der Waals surface area contributed by atoms with Crippen molar-refractivity contribution < 1.29 is 4.79 Å². The Morgan fingerprint density at radius 3 is 2.80 bits per heavy atom. The molecular weight excluding hydrogens is 128 g/mol. The molecule has 0 aromatic carbocycles. The number of hydrogen-bond acceptors (Lipinski definition) is 2. The van der Waals surface area contributed by atoms with Crippen molar-refractivity contribution in [1.82, 2.24) is 5.32 Å². The van der Waals surface area contributed by atoms with E-state index in [1.165, 1.54) is 0 Å². The Hall–Kier alpha value is -0.570. The number of nitrogens with two attached hydrogens (primary N) is 1. The second kappa shape index (κ2) is 3.01. The molecule has 1 heterocycles. The highest BCUT2D eigenvalue weighted by atomic mass is 16.1. The molecule has 1 aliphatic heterocycles. The van der Waals surface area contributed by atoms with Crippen molar-refractivity contribution in [2.24, 2.45) is 11.7 Å². The molecule has 0 spiro atoms. The molecule has 3 nitrogen and oxygen atoms in total. The first kappa shape index (κ1) is 7.54. The molecule has 0 aromatic rings. The quantitative estimate of drug-likeness (QED) is 0.535. The normalized spacial score (nSPS) is 33.7. The molecule has 58 valence electrons. The lowest BCUT2D eigenvalue weighted by Crippen LogP contribution is -2.40. The van der Waals surface area contributed by atoms with Crippen LogP contribution in [0.3, 0.4) is 0 Å². The van der Waals surface area contributed by atoms with Crippen LogP contribution in [0.25, 0.3) is 0 Å². The van der Waals surface area contributed by atoms with Gasteiger partial charge < -0.3 is 11.1 Å². The Morgan fingerprint density at radius 2 is 2.40 bits per heavy atom. The summed E-state index contributed by atoms with van der Waals surface area (Å²) in [4.78, 5) is 10.7. The summed E-state index contributed by atoms with van der Waals surface area (Å²) in [6, 6.07) is 0.450. The number of hydrogen-bond donors (Lipinski definition) is 2.